The first-order valence-electron chi connectivity index (χ1n) is 16.7. The predicted molar refractivity (Wildman–Crippen MR) is 193 cm³/mol. The molecule has 2 atom stereocenters. The number of carboxylic acids is 1. The summed E-state index contributed by atoms with van der Waals surface area (Å²) < 4.78 is 9.02. The van der Waals surface area contributed by atoms with E-state index in [9.17, 15) is 9.90 Å². The molecule has 11 heteroatoms. The number of benzene rings is 2. The van der Waals surface area contributed by atoms with Crippen LogP contribution in [0.4, 0.5) is 0 Å². The number of thiazole rings is 1. The maximum Gasteiger partial charge on any atom is 0.337 e. The number of ether oxygens (including phenoxy) is 1. The van der Waals surface area contributed by atoms with Crippen LogP contribution < -0.4 is 0 Å². The minimum Gasteiger partial charge on any atom is -0.479 e. The third-order valence-electron chi connectivity index (χ3n) is 9.76. The first-order valence-corrected chi connectivity index (χ1v) is 17.9. The number of likely N-dealkylation sites (tertiary alicyclic amines) is 2. The van der Waals surface area contributed by atoms with Crippen LogP contribution in [0.5, 0.6) is 0 Å². The van der Waals surface area contributed by atoms with Crippen molar-refractivity contribution in [3.05, 3.63) is 64.3 Å². The van der Waals surface area contributed by atoms with Crippen molar-refractivity contribution in [2.24, 2.45) is 7.05 Å². The zero-order chi connectivity index (χ0) is 33.9. The van der Waals surface area contributed by atoms with Gasteiger partial charge in [0.25, 0.3) is 0 Å². The number of aliphatic carboxylic acids is 1. The minimum absolute atomic E-state index is 0.361. The SMILES string of the molecule is Cc1cc2nc(-c3ccc4c(n3)c(C3CCN(C5CCN(C)C5)CC3)nn4C)sc2c(-c2ccc(Cl)cc2)c1[C@H](OC(C)(C)C)C(=O)O. The van der Waals surface area contributed by atoms with Crippen LogP contribution in [0.3, 0.4) is 0 Å². The van der Waals surface area contributed by atoms with Gasteiger partial charge in [-0.15, -0.1) is 11.3 Å². The van der Waals surface area contributed by atoms with E-state index in [4.69, 9.17) is 31.4 Å². The fourth-order valence-electron chi connectivity index (χ4n) is 7.45. The molecule has 2 fully saturated rings. The standard InChI is InChI=1S/C37H43ClN6O3S/c1-21-19-27-34(30(22-7-9-24(38)10-8-22)29(21)33(36(45)46)47-37(2,3)4)48-35(40-27)26-11-12-28-32(39-26)31(41-43(28)6)23-13-17-44(18-14-23)25-15-16-42(5)20-25/h7-12,19,23,25,33H,13-18,20H2,1-6H3,(H,45,46)/t25?,33-/m0/s1. The average molecular weight is 687 g/mol. The summed E-state index contributed by atoms with van der Waals surface area (Å²) in [4.78, 5) is 28.1. The summed E-state index contributed by atoms with van der Waals surface area (Å²) >= 11 is 7.81. The number of piperidine rings is 1. The van der Waals surface area contributed by atoms with Crippen LogP contribution >= 0.6 is 22.9 Å². The summed E-state index contributed by atoms with van der Waals surface area (Å²) in [5.74, 6) is -0.676. The maximum atomic E-state index is 12.7. The lowest BCUT2D eigenvalue weighted by atomic mass is 9.91. The molecule has 0 saturated carbocycles. The van der Waals surface area contributed by atoms with Crippen molar-refractivity contribution in [2.45, 2.75) is 70.6 Å². The second-order valence-corrected chi connectivity index (χ2v) is 15.8. The number of carboxylic acid groups (broad SMARTS) is 1. The number of halogens is 1. The molecule has 1 unspecified atom stereocenters. The number of pyridine rings is 1. The molecule has 0 amide bonds. The fraction of sp³-hybridized carbons (Fsp3) is 0.459. The Bertz CT molecular complexity index is 1990. The molecule has 2 aromatic carbocycles. The summed E-state index contributed by atoms with van der Waals surface area (Å²) in [5.41, 5.74) is 7.00. The van der Waals surface area contributed by atoms with Crippen LogP contribution in [0.2, 0.25) is 5.02 Å². The van der Waals surface area contributed by atoms with Crippen molar-refractivity contribution in [3.63, 3.8) is 0 Å². The van der Waals surface area contributed by atoms with Crippen molar-refractivity contribution >= 4 is 50.2 Å². The summed E-state index contributed by atoms with van der Waals surface area (Å²) in [7, 11) is 4.21. The predicted octanol–water partition coefficient (Wildman–Crippen LogP) is 7.70. The largest absolute Gasteiger partial charge is 0.479 e. The number of nitrogens with zero attached hydrogens (tertiary/aromatic N) is 6. The molecule has 2 saturated heterocycles. The molecule has 9 nitrogen and oxygen atoms in total. The van der Waals surface area contributed by atoms with E-state index in [-0.39, 0.29) is 0 Å². The average Bonchev–Trinajstić information content (AvgIpc) is 3.76. The number of hydrogen-bond acceptors (Lipinski definition) is 8. The number of hydrogen-bond donors (Lipinski definition) is 1. The van der Waals surface area contributed by atoms with Gasteiger partial charge in [0.2, 0.25) is 0 Å². The number of carbonyl (C=O) groups is 1. The highest BCUT2D eigenvalue weighted by molar-refractivity contribution is 7.22. The molecule has 5 aromatic rings. The van der Waals surface area contributed by atoms with E-state index in [0.717, 1.165) is 86.8 Å². The lowest BCUT2D eigenvalue weighted by Gasteiger charge is -2.35. The molecule has 252 valence electrons. The van der Waals surface area contributed by atoms with Crippen molar-refractivity contribution in [1.29, 1.82) is 0 Å². The summed E-state index contributed by atoms with van der Waals surface area (Å²) in [5, 5.41) is 16.8. The van der Waals surface area contributed by atoms with Crippen molar-refractivity contribution in [1.82, 2.24) is 29.5 Å². The van der Waals surface area contributed by atoms with Crippen molar-refractivity contribution < 1.29 is 14.6 Å². The molecular weight excluding hydrogens is 644 g/mol. The van der Waals surface area contributed by atoms with Gasteiger partial charge in [0.05, 0.1) is 32.7 Å². The monoisotopic (exact) mass is 686 g/mol. The number of fused-ring (bicyclic) bond motifs is 2. The molecule has 2 aliphatic heterocycles. The van der Waals surface area contributed by atoms with E-state index in [0.29, 0.717) is 22.5 Å². The number of aryl methyl sites for hydroxylation is 2. The highest BCUT2D eigenvalue weighted by Gasteiger charge is 2.34. The molecule has 0 aliphatic carbocycles. The molecule has 0 bridgehead atoms. The third kappa shape index (κ3) is 6.36. The number of likely N-dealkylation sites (N-methyl/N-ethyl adjacent to an activating group) is 1. The van der Waals surface area contributed by atoms with Gasteiger partial charge in [-0.2, -0.15) is 5.10 Å². The molecular formula is C37H43ClN6O3S. The van der Waals surface area contributed by atoms with Crippen LogP contribution in [0.25, 0.3) is 43.1 Å². The Kier molecular flexibility index (Phi) is 8.83. The number of rotatable bonds is 7. The lowest BCUT2D eigenvalue weighted by molar-refractivity contribution is -0.160. The van der Waals surface area contributed by atoms with Gasteiger partial charge < -0.3 is 14.7 Å². The van der Waals surface area contributed by atoms with E-state index < -0.39 is 17.7 Å². The van der Waals surface area contributed by atoms with E-state index in [1.165, 1.54) is 24.3 Å². The van der Waals surface area contributed by atoms with Gasteiger partial charge in [-0.25, -0.2) is 14.8 Å². The molecule has 48 heavy (non-hydrogen) atoms. The van der Waals surface area contributed by atoms with Crippen LogP contribution in [0.15, 0.2) is 42.5 Å². The maximum absolute atomic E-state index is 12.7. The molecule has 1 N–H and O–H groups in total. The normalized spacial score (nSPS) is 19.1. The molecule has 0 spiro atoms. The van der Waals surface area contributed by atoms with E-state index in [2.05, 4.69) is 22.9 Å². The van der Waals surface area contributed by atoms with Gasteiger partial charge >= 0.3 is 5.97 Å². The van der Waals surface area contributed by atoms with Gasteiger partial charge in [-0.3, -0.25) is 9.58 Å². The minimum atomic E-state index is -1.17. The Morgan fingerprint density at radius 3 is 2.42 bits per heavy atom. The second-order valence-electron chi connectivity index (χ2n) is 14.4. The summed E-state index contributed by atoms with van der Waals surface area (Å²) in [6.07, 6.45) is 2.24. The van der Waals surface area contributed by atoms with Crippen LogP contribution in [-0.2, 0) is 16.6 Å². The van der Waals surface area contributed by atoms with Gasteiger partial charge in [-0.1, -0.05) is 23.7 Å². The third-order valence-corrected chi connectivity index (χ3v) is 11.1. The number of aromatic nitrogens is 4. The highest BCUT2D eigenvalue weighted by Crippen LogP contribution is 2.44. The lowest BCUT2D eigenvalue weighted by Crippen LogP contribution is -2.42. The smallest absolute Gasteiger partial charge is 0.337 e. The molecule has 0 radical (unpaired) electrons. The Morgan fingerprint density at radius 1 is 1.04 bits per heavy atom. The van der Waals surface area contributed by atoms with Crippen molar-refractivity contribution in [2.75, 3.05) is 33.2 Å². The zero-order valence-electron chi connectivity index (χ0n) is 28.5. The zero-order valence-corrected chi connectivity index (χ0v) is 30.0. The van der Waals surface area contributed by atoms with Crippen LogP contribution in [0, 0.1) is 6.92 Å². The first-order chi connectivity index (χ1) is 22.9. The van der Waals surface area contributed by atoms with E-state index >= 15 is 0 Å². The molecule has 5 heterocycles. The van der Waals surface area contributed by atoms with Crippen molar-refractivity contribution in [3.8, 4) is 21.8 Å². The topological polar surface area (TPSA) is 96.6 Å². The first kappa shape index (κ1) is 33.1. The van der Waals surface area contributed by atoms with E-state index in [1.54, 1.807) is 0 Å². The van der Waals surface area contributed by atoms with E-state index in [1.807, 2.05) is 75.8 Å². The Labute approximate surface area is 290 Å². The molecule has 2 aliphatic rings. The Morgan fingerprint density at radius 2 is 1.77 bits per heavy atom. The van der Waals surface area contributed by atoms with Gasteiger partial charge in [0.1, 0.15) is 10.5 Å². The quantitative estimate of drug-likeness (QED) is 0.186. The van der Waals surface area contributed by atoms with Gasteiger partial charge in [0, 0.05) is 41.7 Å². The highest BCUT2D eigenvalue weighted by atomic mass is 35.5. The van der Waals surface area contributed by atoms with Gasteiger partial charge in [0.15, 0.2) is 6.10 Å². The summed E-state index contributed by atoms with van der Waals surface area (Å²) in [6, 6.07) is 14.3. The van der Waals surface area contributed by atoms with Crippen LogP contribution in [-0.4, -0.2) is 85.5 Å². The molecule has 3 aromatic heterocycles. The second kappa shape index (κ2) is 12.8. The fourth-order valence-corrected chi connectivity index (χ4v) is 8.67. The Balaban J connectivity index is 1.30. The summed E-state index contributed by atoms with van der Waals surface area (Å²) in [6.45, 7) is 12.1. The van der Waals surface area contributed by atoms with Crippen LogP contribution in [0.1, 0.15) is 68.9 Å². The van der Waals surface area contributed by atoms with Gasteiger partial charge in [-0.05, 0) is 115 Å². The Hall–Kier alpha value is -3.41. The molecule has 7 rings (SSSR count).